The number of fused-ring (bicyclic) bond motifs is 6. The third kappa shape index (κ3) is 4.90. The van der Waals surface area contributed by atoms with E-state index >= 15 is 0 Å². The first-order chi connectivity index (χ1) is 28.5. The topological polar surface area (TPSA) is 3.24 Å². The first-order valence-corrected chi connectivity index (χ1v) is 20.3. The minimum absolute atomic E-state index is 0.0700. The smallest absolute Gasteiger partial charge is 0.0465 e. The quantitative estimate of drug-likeness (QED) is 0.159. The Morgan fingerprint density at radius 1 is 0.310 bits per heavy atom. The monoisotopic (exact) mass is 737 g/mol. The van der Waals surface area contributed by atoms with Crippen LogP contribution in [0.2, 0.25) is 0 Å². The highest BCUT2D eigenvalue weighted by molar-refractivity contribution is 6.25. The van der Waals surface area contributed by atoms with Crippen LogP contribution in [-0.4, -0.2) is 0 Å². The number of benzene rings is 11. The number of nitrogens with zero attached hydrogens (tertiary/aromatic N) is 1. The molecule has 0 radical (unpaired) electrons. The summed E-state index contributed by atoms with van der Waals surface area (Å²) in [6, 6.07) is 74.4. The average molecular weight is 738 g/mol. The number of hydrogen-bond donors (Lipinski definition) is 0. The molecule has 0 atom stereocenters. The third-order valence-corrected chi connectivity index (χ3v) is 12.9. The van der Waals surface area contributed by atoms with E-state index in [4.69, 9.17) is 0 Å². The zero-order valence-corrected chi connectivity index (χ0v) is 32.5. The summed E-state index contributed by atoms with van der Waals surface area (Å²) in [5.41, 5.74) is 13.8. The SMILES string of the molecule is CC1(C)c2ccccc2-c2ccc(N(c3ccccc3)c3ccc(-c4cc5ccc6cc(-c7cc8ccccc8c8ccccc78)cc7ccc(c4)c5c67)cc3)cc21. The maximum Gasteiger partial charge on any atom is 0.0465 e. The van der Waals surface area contributed by atoms with Crippen molar-refractivity contribution in [1.29, 1.82) is 0 Å². The molecule has 1 heteroatoms. The predicted molar refractivity (Wildman–Crippen MR) is 248 cm³/mol. The van der Waals surface area contributed by atoms with Crippen LogP contribution in [0, 0.1) is 0 Å². The Bertz CT molecular complexity index is 3340. The Morgan fingerprint density at radius 2 is 0.845 bits per heavy atom. The lowest BCUT2D eigenvalue weighted by atomic mass is 9.82. The second-order valence-corrected chi connectivity index (χ2v) is 16.5. The van der Waals surface area contributed by atoms with Gasteiger partial charge in [0.25, 0.3) is 0 Å². The van der Waals surface area contributed by atoms with Gasteiger partial charge in [-0.3, -0.25) is 0 Å². The molecule has 0 fully saturated rings. The normalized spacial score (nSPS) is 13.1. The summed E-state index contributed by atoms with van der Waals surface area (Å²) in [6.07, 6.45) is 0. The van der Waals surface area contributed by atoms with Crippen molar-refractivity contribution >= 4 is 70.9 Å². The lowest BCUT2D eigenvalue weighted by Crippen LogP contribution is -2.16. The zero-order chi connectivity index (χ0) is 38.5. The Hall–Kier alpha value is -7.22. The maximum atomic E-state index is 2.40. The first-order valence-electron chi connectivity index (χ1n) is 20.3. The van der Waals surface area contributed by atoms with E-state index in [-0.39, 0.29) is 5.41 Å². The molecule has 0 aromatic heterocycles. The van der Waals surface area contributed by atoms with Crippen LogP contribution >= 0.6 is 0 Å². The number of rotatable bonds is 5. The van der Waals surface area contributed by atoms with E-state index in [1.165, 1.54) is 104 Å². The molecule has 0 saturated carbocycles. The van der Waals surface area contributed by atoms with E-state index < -0.39 is 0 Å². The fraction of sp³-hybridized carbons (Fsp3) is 0.0526. The molecule has 0 aliphatic heterocycles. The fourth-order valence-corrected chi connectivity index (χ4v) is 10.1. The van der Waals surface area contributed by atoms with Gasteiger partial charge in [-0.2, -0.15) is 0 Å². The van der Waals surface area contributed by atoms with Crippen molar-refractivity contribution in [3.63, 3.8) is 0 Å². The first kappa shape index (κ1) is 33.0. The van der Waals surface area contributed by atoms with Crippen molar-refractivity contribution in [1.82, 2.24) is 0 Å². The van der Waals surface area contributed by atoms with Crippen LogP contribution < -0.4 is 4.90 Å². The van der Waals surface area contributed by atoms with Gasteiger partial charge >= 0.3 is 0 Å². The van der Waals surface area contributed by atoms with E-state index in [9.17, 15) is 0 Å². The molecule has 0 bridgehead atoms. The molecule has 272 valence electrons. The molecule has 0 N–H and O–H groups in total. The number of para-hydroxylation sites is 1. The second-order valence-electron chi connectivity index (χ2n) is 16.5. The summed E-state index contributed by atoms with van der Waals surface area (Å²) in [7, 11) is 0. The van der Waals surface area contributed by atoms with Crippen molar-refractivity contribution < 1.29 is 0 Å². The lowest BCUT2D eigenvalue weighted by molar-refractivity contribution is 0.660. The van der Waals surface area contributed by atoms with Gasteiger partial charge in [-0.05, 0) is 165 Å². The number of hydrogen-bond acceptors (Lipinski definition) is 1. The van der Waals surface area contributed by atoms with Gasteiger partial charge in [0.2, 0.25) is 0 Å². The summed E-state index contributed by atoms with van der Waals surface area (Å²) in [5, 5.41) is 12.9. The fourth-order valence-electron chi connectivity index (χ4n) is 10.1. The molecule has 58 heavy (non-hydrogen) atoms. The average Bonchev–Trinajstić information content (AvgIpc) is 3.51. The van der Waals surface area contributed by atoms with Crippen molar-refractivity contribution in [2.75, 3.05) is 4.90 Å². The van der Waals surface area contributed by atoms with Crippen LogP contribution in [-0.2, 0) is 5.41 Å². The van der Waals surface area contributed by atoms with E-state index in [1.807, 2.05) is 0 Å². The lowest BCUT2D eigenvalue weighted by Gasteiger charge is -2.28. The molecule has 0 amide bonds. The van der Waals surface area contributed by atoms with Crippen LogP contribution in [0.15, 0.2) is 200 Å². The van der Waals surface area contributed by atoms with E-state index in [0.29, 0.717) is 0 Å². The Kier molecular flexibility index (Phi) is 7.04. The largest absolute Gasteiger partial charge is 0.310 e. The van der Waals surface area contributed by atoms with Gasteiger partial charge in [-0.1, -0.05) is 147 Å². The standard InChI is InChI=1S/C57H39N/c1-57(2)53-19-11-10-18-50(53)51-29-28-46(35-54(51)57)58(44-13-4-3-5-14-44)45-26-24-36(25-27-45)42-30-38-20-22-40-32-43(33-41-23-21-39(31-42)55(38)56(40)41)52-34-37-12-6-7-15-47(37)48-16-8-9-17-49(48)52/h3-35H,1-2H3. The number of anilines is 3. The molecular weight excluding hydrogens is 699 g/mol. The Balaban J connectivity index is 0.933. The molecule has 0 saturated heterocycles. The predicted octanol–water partition coefficient (Wildman–Crippen LogP) is 16.0. The molecule has 11 aromatic rings. The third-order valence-electron chi connectivity index (χ3n) is 12.9. The molecule has 12 rings (SSSR count). The molecule has 1 aliphatic carbocycles. The minimum atomic E-state index is -0.0700. The summed E-state index contributed by atoms with van der Waals surface area (Å²) in [4.78, 5) is 2.39. The van der Waals surface area contributed by atoms with Crippen molar-refractivity contribution in [2.24, 2.45) is 0 Å². The maximum absolute atomic E-state index is 2.40. The van der Waals surface area contributed by atoms with Gasteiger partial charge in [0.1, 0.15) is 0 Å². The van der Waals surface area contributed by atoms with Crippen LogP contribution in [0.5, 0.6) is 0 Å². The van der Waals surface area contributed by atoms with Crippen molar-refractivity contribution in [3.05, 3.63) is 211 Å². The highest BCUT2D eigenvalue weighted by atomic mass is 15.1. The van der Waals surface area contributed by atoms with E-state index in [2.05, 4.69) is 219 Å². The minimum Gasteiger partial charge on any atom is -0.310 e. The summed E-state index contributed by atoms with van der Waals surface area (Å²) in [6.45, 7) is 4.70. The van der Waals surface area contributed by atoms with Crippen LogP contribution in [0.1, 0.15) is 25.0 Å². The molecule has 1 aliphatic rings. The van der Waals surface area contributed by atoms with Crippen LogP contribution in [0.4, 0.5) is 17.1 Å². The summed E-state index contributed by atoms with van der Waals surface area (Å²) in [5.74, 6) is 0. The van der Waals surface area contributed by atoms with E-state index in [0.717, 1.165) is 11.4 Å². The van der Waals surface area contributed by atoms with Crippen molar-refractivity contribution in [3.8, 4) is 33.4 Å². The van der Waals surface area contributed by atoms with Gasteiger partial charge in [-0.15, -0.1) is 0 Å². The van der Waals surface area contributed by atoms with Gasteiger partial charge in [-0.25, -0.2) is 0 Å². The van der Waals surface area contributed by atoms with Crippen LogP contribution in [0.3, 0.4) is 0 Å². The molecule has 0 heterocycles. The second kappa shape index (κ2) is 12.4. The van der Waals surface area contributed by atoms with Gasteiger partial charge in [0, 0.05) is 22.5 Å². The molecule has 11 aromatic carbocycles. The Labute approximate surface area is 338 Å². The van der Waals surface area contributed by atoms with Gasteiger partial charge < -0.3 is 4.90 Å². The van der Waals surface area contributed by atoms with Crippen LogP contribution in [0.25, 0.3) is 87.2 Å². The molecule has 1 nitrogen and oxygen atoms in total. The van der Waals surface area contributed by atoms with Gasteiger partial charge in [0.05, 0.1) is 0 Å². The zero-order valence-electron chi connectivity index (χ0n) is 32.5. The summed E-state index contributed by atoms with van der Waals surface area (Å²) >= 11 is 0. The summed E-state index contributed by atoms with van der Waals surface area (Å²) < 4.78 is 0. The van der Waals surface area contributed by atoms with Crippen molar-refractivity contribution in [2.45, 2.75) is 19.3 Å². The highest BCUT2D eigenvalue weighted by Gasteiger charge is 2.35. The highest BCUT2D eigenvalue weighted by Crippen LogP contribution is 2.51. The molecule has 0 unspecified atom stereocenters. The Morgan fingerprint density at radius 3 is 1.55 bits per heavy atom. The molecule has 0 spiro atoms. The van der Waals surface area contributed by atoms with E-state index in [1.54, 1.807) is 0 Å². The van der Waals surface area contributed by atoms with Gasteiger partial charge in [0.15, 0.2) is 0 Å². The molecular formula is C57H39N.